The molecule has 1 fully saturated rings. The smallest absolute Gasteiger partial charge is 0.389 e. The number of hydrogen-bond donors (Lipinski definition) is 1. The van der Waals surface area contributed by atoms with Crippen molar-refractivity contribution in [3.8, 4) is 0 Å². The van der Waals surface area contributed by atoms with Gasteiger partial charge in [0.1, 0.15) is 6.61 Å². The number of thioether (sulfide) groups is 1. The summed E-state index contributed by atoms with van der Waals surface area (Å²) in [5.74, 6) is -0.519. The predicted octanol–water partition coefficient (Wildman–Crippen LogP) is 4.40. The van der Waals surface area contributed by atoms with Gasteiger partial charge in [-0.25, -0.2) is 0 Å². The largest absolute Gasteiger partial charge is 0.416 e. The minimum absolute atomic E-state index is 0.0795. The van der Waals surface area contributed by atoms with Crippen LogP contribution in [0.5, 0.6) is 0 Å². The first-order valence-corrected chi connectivity index (χ1v) is 8.36. The highest BCUT2D eigenvalue weighted by Crippen LogP contribution is 2.34. The van der Waals surface area contributed by atoms with E-state index < -0.39 is 17.6 Å². The Hall–Kier alpha value is -2.74. The Morgan fingerprint density at radius 3 is 2.50 bits per heavy atom. The average Bonchev–Trinajstić information content (AvgIpc) is 2.95. The number of halogens is 3. The number of oxime groups is 1. The van der Waals surface area contributed by atoms with Crippen LogP contribution >= 0.6 is 11.8 Å². The average molecular weight is 378 g/mol. The van der Waals surface area contributed by atoms with Crippen molar-refractivity contribution < 1.29 is 22.8 Å². The summed E-state index contributed by atoms with van der Waals surface area (Å²) in [6, 6.07) is 14.4. The van der Waals surface area contributed by atoms with Gasteiger partial charge < -0.3 is 4.84 Å². The molecule has 0 unspecified atom stereocenters. The van der Waals surface area contributed by atoms with E-state index in [0.29, 0.717) is 0 Å². The summed E-state index contributed by atoms with van der Waals surface area (Å²) < 4.78 is 39.1. The summed E-state index contributed by atoms with van der Waals surface area (Å²) in [6.45, 7) is 0.219. The number of amidine groups is 1. The van der Waals surface area contributed by atoms with Gasteiger partial charge in [-0.1, -0.05) is 53.7 Å². The van der Waals surface area contributed by atoms with Gasteiger partial charge in [0.2, 0.25) is 5.17 Å². The highest BCUT2D eigenvalue weighted by molar-refractivity contribution is 8.18. The highest BCUT2D eigenvalue weighted by atomic mass is 32.2. The van der Waals surface area contributed by atoms with E-state index in [9.17, 15) is 18.0 Å². The summed E-state index contributed by atoms with van der Waals surface area (Å²) in [5, 5.41) is 6.47. The molecule has 1 aliphatic heterocycles. The fraction of sp³-hybridized carbons (Fsp3) is 0.111. The monoisotopic (exact) mass is 378 g/mol. The first-order valence-electron chi connectivity index (χ1n) is 7.54. The molecular weight excluding hydrogens is 365 g/mol. The maximum Gasteiger partial charge on any atom is 0.416 e. The number of carbonyl (C=O) groups is 1. The van der Waals surface area contributed by atoms with Crippen LogP contribution in [0.1, 0.15) is 16.7 Å². The molecule has 0 aromatic heterocycles. The van der Waals surface area contributed by atoms with Gasteiger partial charge in [-0.3, -0.25) is 10.1 Å². The molecule has 134 valence electrons. The number of benzene rings is 2. The molecule has 4 nitrogen and oxygen atoms in total. The number of nitrogens with zero attached hydrogens (tertiary/aromatic N) is 1. The first kappa shape index (κ1) is 18.1. The summed E-state index contributed by atoms with van der Waals surface area (Å²) in [7, 11) is 0. The van der Waals surface area contributed by atoms with Crippen LogP contribution in [0.3, 0.4) is 0 Å². The zero-order valence-electron chi connectivity index (χ0n) is 13.3. The van der Waals surface area contributed by atoms with Gasteiger partial charge in [0.15, 0.2) is 0 Å². The van der Waals surface area contributed by atoms with E-state index in [4.69, 9.17) is 4.84 Å². The number of hydrogen-bond acceptors (Lipinski definition) is 4. The van der Waals surface area contributed by atoms with Crippen molar-refractivity contribution in [3.05, 3.63) is 76.2 Å². The lowest BCUT2D eigenvalue weighted by molar-refractivity contribution is -0.137. The summed E-state index contributed by atoms with van der Waals surface area (Å²) in [5.41, 5.74) is 0.0248. The molecule has 2 aromatic carbocycles. The van der Waals surface area contributed by atoms with Crippen molar-refractivity contribution in [2.75, 3.05) is 0 Å². The Morgan fingerprint density at radius 2 is 1.77 bits per heavy atom. The molecule has 0 radical (unpaired) electrons. The Morgan fingerprint density at radius 1 is 1.08 bits per heavy atom. The Labute approximate surface area is 151 Å². The predicted molar refractivity (Wildman–Crippen MR) is 93.8 cm³/mol. The molecule has 26 heavy (non-hydrogen) atoms. The molecule has 1 amide bonds. The molecule has 0 atom stereocenters. The second kappa shape index (κ2) is 7.65. The fourth-order valence-corrected chi connectivity index (χ4v) is 3.00. The fourth-order valence-electron chi connectivity index (χ4n) is 2.23. The second-order valence-corrected chi connectivity index (χ2v) is 6.34. The van der Waals surface area contributed by atoms with Gasteiger partial charge in [-0.05, 0) is 35.0 Å². The van der Waals surface area contributed by atoms with Crippen molar-refractivity contribution >= 4 is 28.9 Å². The van der Waals surface area contributed by atoms with E-state index in [0.717, 1.165) is 23.4 Å². The van der Waals surface area contributed by atoms with Crippen LogP contribution in [0.2, 0.25) is 0 Å². The molecule has 0 spiro atoms. The SMILES string of the molecule is O=C1N/C(=N\OCc2ccccc2)S/C1=C\c1ccccc1C(F)(F)F. The number of alkyl halides is 3. The first-order chi connectivity index (χ1) is 12.4. The Kier molecular flexibility index (Phi) is 5.32. The van der Waals surface area contributed by atoms with Crippen LogP contribution in [0.4, 0.5) is 13.2 Å². The van der Waals surface area contributed by atoms with Crippen molar-refractivity contribution in [1.82, 2.24) is 5.32 Å². The number of carbonyl (C=O) groups excluding carboxylic acids is 1. The van der Waals surface area contributed by atoms with Crippen molar-refractivity contribution in [3.63, 3.8) is 0 Å². The van der Waals surface area contributed by atoms with Gasteiger partial charge in [-0.15, -0.1) is 0 Å². The zero-order chi connectivity index (χ0) is 18.6. The van der Waals surface area contributed by atoms with Gasteiger partial charge in [0.05, 0.1) is 10.5 Å². The minimum Gasteiger partial charge on any atom is -0.389 e. The van der Waals surface area contributed by atoms with E-state index in [1.807, 2.05) is 30.3 Å². The normalized spacial score (nSPS) is 17.6. The molecule has 0 aliphatic carbocycles. The second-order valence-electron chi connectivity index (χ2n) is 5.31. The zero-order valence-corrected chi connectivity index (χ0v) is 14.1. The maximum atomic E-state index is 13.0. The minimum atomic E-state index is -4.50. The van der Waals surface area contributed by atoms with Gasteiger partial charge in [0.25, 0.3) is 5.91 Å². The molecular formula is C18H13F3N2O2S. The molecule has 3 rings (SSSR count). The Bertz CT molecular complexity index is 864. The third-order valence-electron chi connectivity index (χ3n) is 3.43. The molecule has 1 heterocycles. The lowest BCUT2D eigenvalue weighted by Crippen LogP contribution is -2.19. The van der Waals surface area contributed by atoms with E-state index in [2.05, 4.69) is 10.5 Å². The molecule has 2 aromatic rings. The van der Waals surface area contributed by atoms with Crippen LogP contribution in [0.15, 0.2) is 64.7 Å². The summed E-state index contributed by atoms with van der Waals surface area (Å²) in [4.78, 5) is 17.3. The summed E-state index contributed by atoms with van der Waals surface area (Å²) >= 11 is 0.926. The van der Waals surface area contributed by atoms with Crippen molar-refractivity contribution in [2.45, 2.75) is 12.8 Å². The summed E-state index contributed by atoms with van der Waals surface area (Å²) in [6.07, 6.45) is -3.30. The number of rotatable bonds is 4. The lowest BCUT2D eigenvalue weighted by Gasteiger charge is -2.09. The number of nitrogens with one attached hydrogen (secondary N) is 1. The van der Waals surface area contributed by atoms with E-state index in [1.165, 1.54) is 24.3 Å². The quantitative estimate of drug-likeness (QED) is 0.634. The van der Waals surface area contributed by atoms with E-state index in [-0.39, 0.29) is 22.2 Å². The molecule has 8 heteroatoms. The van der Waals surface area contributed by atoms with E-state index in [1.54, 1.807) is 0 Å². The standard InChI is InChI=1S/C18H13F3N2O2S/c19-18(20,21)14-9-5-4-8-13(14)10-15-16(24)22-17(26-15)23-25-11-12-6-2-1-3-7-12/h1-10H,11H2,(H,22,23,24)/b15-10-. The third-order valence-corrected chi connectivity index (χ3v) is 4.32. The molecule has 1 saturated heterocycles. The Balaban J connectivity index is 1.72. The van der Waals surface area contributed by atoms with Crippen LogP contribution in [-0.4, -0.2) is 11.1 Å². The van der Waals surface area contributed by atoms with Crippen LogP contribution < -0.4 is 5.32 Å². The highest BCUT2D eigenvalue weighted by Gasteiger charge is 2.33. The van der Waals surface area contributed by atoms with Crippen LogP contribution in [0, 0.1) is 0 Å². The topological polar surface area (TPSA) is 50.7 Å². The lowest BCUT2D eigenvalue weighted by atomic mass is 10.1. The maximum absolute atomic E-state index is 13.0. The molecule has 0 saturated carbocycles. The van der Waals surface area contributed by atoms with E-state index >= 15 is 0 Å². The van der Waals surface area contributed by atoms with Gasteiger partial charge in [0, 0.05) is 0 Å². The van der Waals surface area contributed by atoms with Gasteiger partial charge in [-0.2, -0.15) is 13.2 Å². The van der Waals surface area contributed by atoms with Crippen molar-refractivity contribution in [2.24, 2.45) is 5.16 Å². The molecule has 1 aliphatic rings. The molecule has 1 N–H and O–H groups in total. The van der Waals surface area contributed by atoms with Gasteiger partial charge >= 0.3 is 6.18 Å². The molecule has 0 bridgehead atoms. The van der Waals surface area contributed by atoms with Crippen molar-refractivity contribution in [1.29, 1.82) is 0 Å². The third kappa shape index (κ3) is 4.45. The van der Waals surface area contributed by atoms with Crippen LogP contribution in [-0.2, 0) is 22.4 Å². The van der Waals surface area contributed by atoms with Crippen LogP contribution in [0.25, 0.3) is 6.08 Å². The number of amides is 1.